The Kier molecular flexibility index (Phi) is 4.64. The molecule has 1 aliphatic rings. The summed E-state index contributed by atoms with van der Waals surface area (Å²) in [6, 6.07) is 0. The predicted octanol–water partition coefficient (Wildman–Crippen LogP) is 4.29. The Morgan fingerprint density at radius 1 is 1.00 bits per heavy atom. The van der Waals surface area contributed by atoms with E-state index in [2.05, 4.69) is 20.8 Å². The van der Waals surface area contributed by atoms with Crippen molar-refractivity contribution >= 4 is 0 Å². The molecule has 1 nitrogen and oxygen atoms in total. The molecular weight excluding hydrogens is 184 g/mol. The van der Waals surface area contributed by atoms with Gasteiger partial charge in [0, 0.05) is 0 Å². The molecule has 1 atom stereocenters. The van der Waals surface area contributed by atoms with E-state index < -0.39 is 0 Å². The van der Waals surface area contributed by atoms with Crippen LogP contribution in [0.15, 0.2) is 0 Å². The predicted molar refractivity (Wildman–Crippen MR) is 66.0 cm³/mol. The average Bonchev–Trinajstić information content (AvgIpc) is 2.27. The molecule has 0 saturated heterocycles. The number of aliphatic hydroxyl groups is 1. The van der Waals surface area contributed by atoms with Crippen molar-refractivity contribution in [2.24, 2.45) is 5.41 Å². The third-order valence-electron chi connectivity index (χ3n) is 4.78. The molecule has 1 fully saturated rings. The Labute approximate surface area is 95.3 Å². The lowest BCUT2D eigenvalue weighted by Crippen LogP contribution is -2.50. The first-order valence-electron chi connectivity index (χ1n) is 6.86. The van der Waals surface area contributed by atoms with Crippen LogP contribution in [0.5, 0.6) is 0 Å². The van der Waals surface area contributed by atoms with Crippen LogP contribution in [-0.2, 0) is 0 Å². The standard InChI is InChI=1S/C14H28O/c1-4-7-11-14(15)12-9-8-10-13(14,5-2)6-3/h15H,4-12H2,1-3H3. The van der Waals surface area contributed by atoms with E-state index in [0.29, 0.717) is 0 Å². The van der Waals surface area contributed by atoms with Crippen LogP contribution < -0.4 is 0 Å². The van der Waals surface area contributed by atoms with Crippen LogP contribution in [0.25, 0.3) is 0 Å². The second-order valence-electron chi connectivity index (χ2n) is 5.33. The maximum atomic E-state index is 10.9. The van der Waals surface area contributed by atoms with Gasteiger partial charge >= 0.3 is 0 Å². The van der Waals surface area contributed by atoms with Gasteiger partial charge < -0.3 is 5.11 Å². The molecule has 1 aliphatic carbocycles. The smallest absolute Gasteiger partial charge is 0.0703 e. The van der Waals surface area contributed by atoms with Crippen LogP contribution in [0.1, 0.15) is 78.6 Å². The quantitative estimate of drug-likeness (QED) is 0.721. The molecule has 1 unspecified atom stereocenters. The van der Waals surface area contributed by atoms with Gasteiger partial charge in [-0.3, -0.25) is 0 Å². The summed E-state index contributed by atoms with van der Waals surface area (Å²) >= 11 is 0. The molecule has 0 heterocycles. The maximum absolute atomic E-state index is 10.9. The summed E-state index contributed by atoms with van der Waals surface area (Å²) in [6.07, 6.45) is 10.5. The van der Waals surface area contributed by atoms with Crippen molar-refractivity contribution in [2.75, 3.05) is 0 Å². The second-order valence-corrected chi connectivity index (χ2v) is 5.33. The van der Waals surface area contributed by atoms with E-state index in [1.807, 2.05) is 0 Å². The van der Waals surface area contributed by atoms with Gasteiger partial charge in [-0.25, -0.2) is 0 Å². The highest BCUT2D eigenvalue weighted by atomic mass is 16.3. The van der Waals surface area contributed by atoms with E-state index >= 15 is 0 Å². The topological polar surface area (TPSA) is 20.2 Å². The van der Waals surface area contributed by atoms with Crippen LogP contribution in [-0.4, -0.2) is 10.7 Å². The summed E-state index contributed by atoms with van der Waals surface area (Å²) in [7, 11) is 0. The molecule has 15 heavy (non-hydrogen) atoms. The Hall–Kier alpha value is -0.0400. The molecule has 0 aromatic rings. The van der Waals surface area contributed by atoms with Crippen molar-refractivity contribution in [3.8, 4) is 0 Å². The molecule has 0 aromatic carbocycles. The van der Waals surface area contributed by atoms with Gasteiger partial charge in [0.1, 0.15) is 0 Å². The molecule has 1 saturated carbocycles. The number of unbranched alkanes of at least 4 members (excludes halogenated alkanes) is 1. The molecule has 0 bridgehead atoms. The van der Waals surface area contributed by atoms with Gasteiger partial charge in [0.2, 0.25) is 0 Å². The monoisotopic (exact) mass is 212 g/mol. The molecule has 90 valence electrons. The summed E-state index contributed by atoms with van der Waals surface area (Å²) in [5, 5.41) is 10.9. The van der Waals surface area contributed by atoms with E-state index in [4.69, 9.17) is 0 Å². The highest BCUT2D eigenvalue weighted by molar-refractivity contribution is 4.99. The van der Waals surface area contributed by atoms with Crippen molar-refractivity contribution < 1.29 is 5.11 Å². The van der Waals surface area contributed by atoms with Crippen LogP contribution in [0.2, 0.25) is 0 Å². The van der Waals surface area contributed by atoms with E-state index in [0.717, 1.165) is 25.7 Å². The van der Waals surface area contributed by atoms with Gasteiger partial charge in [-0.05, 0) is 37.5 Å². The summed E-state index contributed by atoms with van der Waals surface area (Å²) < 4.78 is 0. The number of rotatable bonds is 5. The van der Waals surface area contributed by atoms with Gasteiger partial charge in [-0.2, -0.15) is 0 Å². The third kappa shape index (κ3) is 2.38. The highest BCUT2D eigenvalue weighted by Gasteiger charge is 2.48. The van der Waals surface area contributed by atoms with Gasteiger partial charge in [0.25, 0.3) is 0 Å². The van der Waals surface area contributed by atoms with Crippen molar-refractivity contribution in [1.82, 2.24) is 0 Å². The largest absolute Gasteiger partial charge is 0.389 e. The van der Waals surface area contributed by atoms with Crippen LogP contribution in [0, 0.1) is 5.41 Å². The molecule has 1 N–H and O–H groups in total. The fourth-order valence-electron chi connectivity index (χ4n) is 3.50. The van der Waals surface area contributed by atoms with Gasteiger partial charge in [0.15, 0.2) is 0 Å². The Balaban J connectivity index is 2.78. The number of hydrogen-bond acceptors (Lipinski definition) is 1. The molecular formula is C14H28O. The van der Waals surface area contributed by atoms with Crippen LogP contribution >= 0.6 is 0 Å². The molecule has 0 amide bonds. The highest BCUT2D eigenvalue weighted by Crippen LogP contribution is 2.51. The average molecular weight is 212 g/mol. The third-order valence-corrected chi connectivity index (χ3v) is 4.78. The van der Waals surface area contributed by atoms with Crippen molar-refractivity contribution in [2.45, 2.75) is 84.2 Å². The molecule has 0 spiro atoms. The zero-order chi connectivity index (χ0) is 11.4. The minimum atomic E-state index is -0.356. The van der Waals surface area contributed by atoms with E-state index in [1.54, 1.807) is 0 Å². The second kappa shape index (κ2) is 5.34. The van der Waals surface area contributed by atoms with Crippen molar-refractivity contribution in [3.05, 3.63) is 0 Å². The lowest BCUT2D eigenvalue weighted by Gasteiger charge is -2.50. The minimum absolute atomic E-state index is 0.223. The Morgan fingerprint density at radius 3 is 2.13 bits per heavy atom. The molecule has 1 rings (SSSR count). The lowest BCUT2D eigenvalue weighted by atomic mass is 9.59. The van der Waals surface area contributed by atoms with E-state index in [1.165, 1.54) is 32.1 Å². The van der Waals surface area contributed by atoms with Crippen molar-refractivity contribution in [1.29, 1.82) is 0 Å². The van der Waals surface area contributed by atoms with E-state index in [9.17, 15) is 5.11 Å². The van der Waals surface area contributed by atoms with E-state index in [-0.39, 0.29) is 11.0 Å². The first-order chi connectivity index (χ1) is 7.14. The van der Waals surface area contributed by atoms with Crippen LogP contribution in [0.4, 0.5) is 0 Å². The molecule has 0 aliphatic heterocycles. The molecule has 0 aromatic heterocycles. The first-order valence-corrected chi connectivity index (χ1v) is 6.86. The number of hydrogen-bond donors (Lipinski definition) is 1. The fraction of sp³-hybridized carbons (Fsp3) is 1.00. The first kappa shape index (κ1) is 13.0. The summed E-state index contributed by atoms with van der Waals surface area (Å²) in [4.78, 5) is 0. The summed E-state index contributed by atoms with van der Waals surface area (Å²) in [5.74, 6) is 0. The lowest BCUT2D eigenvalue weighted by molar-refractivity contribution is -0.126. The molecule has 0 radical (unpaired) electrons. The van der Waals surface area contributed by atoms with Crippen molar-refractivity contribution in [3.63, 3.8) is 0 Å². The maximum Gasteiger partial charge on any atom is 0.0703 e. The summed E-state index contributed by atoms with van der Waals surface area (Å²) in [6.45, 7) is 6.73. The summed E-state index contributed by atoms with van der Waals surface area (Å²) in [5.41, 5.74) is -0.134. The van der Waals surface area contributed by atoms with Gasteiger partial charge in [-0.1, -0.05) is 46.5 Å². The zero-order valence-corrected chi connectivity index (χ0v) is 10.8. The SMILES string of the molecule is CCCCC1(O)CCCCC1(CC)CC. The minimum Gasteiger partial charge on any atom is -0.389 e. The Morgan fingerprint density at radius 2 is 1.60 bits per heavy atom. The Bertz CT molecular complexity index is 184. The van der Waals surface area contributed by atoms with Gasteiger partial charge in [-0.15, -0.1) is 0 Å². The normalized spacial score (nSPS) is 30.4. The fourth-order valence-corrected chi connectivity index (χ4v) is 3.50. The van der Waals surface area contributed by atoms with Gasteiger partial charge in [0.05, 0.1) is 5.60 Å². The zero-order valence-electron chi connectivity index (χ0n) is 10.8. The van der Waals surface area contributed by atoms with Crippen LogP contribution in [0.3, 0.4) is 0 Å². The molecule has 1 heteroatoms.